The van der Waals surface area contributed by atoms with Crippen LogP contribution in [-0.4, -0.2) is 30.5 Å². The van der Waals surface area contributed by atoms with E-state index in [9.17, 15) is 8.42 Å². The van der Waals surface area contributed by atoms with Crippen molar-refractivity contribution in [2.24, 2.45) is 0 Å². The monoisotopic (exact) mass is 370 g/mol. The summed E-state index contributed by atoms with van der Waals surface area (Å²) >= 11 is 0. The lowest BCUT2D eigenvalue weighted by molar-refractivity contribution is -0.0706. The maximum atomic E-state index is 13.0. The molecule has 0 amide bonds. The van der Waals surface area contributed by atoms with Crippen LogP contribution in [0.25, 0.3) is 10.9 Å². The summed E-state index contributed by atoms with van der Waals surface area (Å²) in [7, 11) is -3.64. The molecule has 1 fully saturated rings. The number of nitrogens with zero attached hydrogens (tertiary/aromatic N) is 2. The summed E-state index contributed by atoms with van der Waals surface area (Å²) in [5.41, 5.74) is 1.65. The molecule has 0 unspecified atom stereocenters. The zero-order valence-corrected chi connectivity index (χ0v) is 15.6. The summed E-state index contributed by atoms with van der Waals surface area (Å²) in [4.78, 5) is 6.32. The summed E-state index contributed by atoms with van der Waals surface area (Å²) in [5, 5.41) is 2.76. The van der Waals surface area contributed by atoms with Crippen LogP contribution in [0.2, 0.25) is 0 Å². The lowest BCUT2D eigenvalue weighted by Crippen LogP contribution is -2.32. The first kappa shape index (κ1) is 17.1. The number of aromatic nitrogens is 1. The molecular weight excluding hydrogens is 348 g/mol. The van der Waals surface area contributed by atoms with E-state index in [1.54, 1.807) is 24.4 Å². The lowest BCUT2D eigenvalue weighted by atomic mass is 10.2. The second kappa shape index (κ2) is 6.78. The van der Waals surface area contributed by atoms with E-state index in [1.807, 2.05) is 42.3 Å². The van der Waals surface area contributed by atoms with E-state index in [1.165, 1.54) is 10.4 Å². The first-order chi connectivity index (χ1) is 12.6. The van der Waals surface area contributed by atoms with Crippen LogP contribution >= 0.6 is 0 Å². The van der Waals surface area contributed by atoms with Gasteiger partial charge in [-0.15, -0.1) is 5.06 Å². The SMILES string of the molecule is Cc1ccc(S(=O)(=O)n2ccc3c(ON4CCCCC4)cccc32)cc1. The number of rotatable bonds is 4. The largest absolute Gasteiger partial charge is 0.405 e. The van der Waals surface area contributed by atoms with Crippen LogP contribution in [0.5, 0.6) is 5.75 Å². The predicted molar refractivity (Wildman–Crippen MR) is 102 cm³/mol. The van der Waals surface area contributed by atoms with Gasteiger partial charge in [-0.2, -0.15) is 0 Å². The lowest BCUT2D eigenvalue weighted by Gasteiger charge is -2.26. The van der Waals surface area contributed by atoms with Crippen molar-refractivity contribution in [2.45, 2.75) is 31.1 Å². The first-order valence-corrected chi connectivity index (χ1v) is 10.3. The number of aryl methyl sites for hydroxylation is 1. The van der Waals surface area contributed by atoms with Crippen molar-refractivity contribution < 1.29 is 13.3 Å². The summed E-state index contributed by atoms with van der Waals surface area (Å²) in [6.45, 7) is 3.74. The second-order valence-corrected chi connectivity index (χ2v) is 8.51. The van der Waals surface area contributed by atoms with E-state index in [2.05, 4.69) is 0 Å². The molecule has 0 spiro atoms. The number of hydrogen-bond donors (Lipinski definition) is 0. The van der Waals surface area contributed by atoms with E-state index in [4.69, 9.17) is 4.84 Å². The van der Waals surface area contributed by atoms with Gasteiger partial charge < -0.3 is 4.84 Å². The standard InChI is InChI=1S/C20H22N2O3S/c1-16-8-10-17(11-9-16)26(23,24)22-15-12-18-19(22)6-5-7-20(18)25-21-13-3-2-4-14-21/h5-12,15H,2-4,13-14H2,1H3. The van der Waals surface area contributed by atoms with Crippen LogP contribution < -0.4 is 4.84 Å². The molecule has 0 N–H and O–H groups in total. The summed E-state index contributed by atoms with van der Waals surface area (Å²) in [5.74, 6) is 0.697. The molecule has 1 aromatic heterocycles. The van der Waals surface area contributed by atoms with E-state index in [-0.39, 0.29) is 4.90 Å². The Morgan fingerprint density at radius 3 is 2.38 bits per heavy atom. The third kappa shape index (κ3) is 3.10. The second-order valence-electron chi connectivity index (χ2n) is 6.70. The van der Waals surface area contributed by atoms with E-state index in [0.717, 1.165) is 36.9 Å². The Morgan fingerprint density at radius 2 is 1.65 bits per heavy atom. The molecule has 0 bridgehead atoms. The molecule has 4 rings (SSSR count). The molecule has 26 heavy (non-hydrogen) atoms. The highest BCUT2D eigenvalue weighted by Crippen LogP contribution is 2.30. The van der Waals surface area contributed by atoms with Crippen LogP contribution in [-0.2, 0) is 10.0 Å². The Hall–Kier alpha value is -2.31. The molecule has 2 aromatic carbocycles. The van der Waals surface area contributed by atoms with E-state index < -0.39 is 10.0 Å². The Labute approximate surface area is 153 Å². The maximum Gasteiger partial charge on any atom is 0.268 e. The smallest absolute Gasteiger partial charge is 0.268 e. The van der Waals surface area contributed by atoms with Gasteiger partial charge in [0.2, 0.25) is 0 Å². The highest BCUT2D eigenvalue weighted by molar-refractivity contribution is 7.90. The van der Waals surface area contributed by atoms with Gasteiger partial charge in [0.1, 0.15) is 0 Å². The van der Waals surface area contributed by atoms with Gasteiger partial charge in [0, 0.05) is 24.7 Å². The molecule has 2 heterocycles. The molecule has 5 nitrogen and oxygen atoms in total. The van der Waals surface area contributed by atoms with Gasteiger partial charge in [-0.25, -0.2) is 12.4 Å². The zero-order chi connectivity index (χ0) is 18.1. The van der Waals surface area contributed by atoms with Crippen molar-refractivity contribution in [1.29, 1.82) is 0 Å². The minimum absolute atomic E-state index is 0.281. The molecule has 136 valence electrons. The number of benzene rings is 2. The molecule has 0 aliphatic carbocycles. The number of hydrogen-bond acceptors (Lipinski definition) is 4. The molecule has 0 atom stereocenters. The average Bonchev–Trinajstić information content (AvgIpc) is 3.09. The summed E-state index contributed by atoms with van der Waals surface area (Å²) < 4.78 is 27.4. The highest BCUT2D eigenvalue weighted by atomic mass is 32.2. The normalized spacial score (nSPS) is 16.0. The van der Waals surface area contributed by atoms with Crippen molar-refractivity contribution in [3.8, 4) is 5.75 Å². The van der Waals surface area contributed by atoms with Gasteiger partial charge in [-0.1, -0.05) is 30.2 Å². The van der Waals surface area contributed by atoms with Crippen molar-refractivity contribution in [3.05, 3.63) is 60.3 Å². The molecule has 1 saturated heterocycles. The number of hydroxylamine groups is 2. The third-order valence-corrected chi connectivity index (χ3v) is 6.48. The average molecular weight is 370 g/mol. The number of piperidine rings is 1. The van der Waals surface area contributed by atoms with Gasteiger partial charge in [-0.05, 0) is 50.1 Å². The fourth-order valence-corrected chi connectivity index (χ4v) is 4.67. The third-order valence-electron chi connectivity index (χ3n) is 4.78. The molecule has 1 aliphatic rings. The summed E-state index contributed by atoms with van der Waals surface area (Å²) in [6, 6.07) is 14.2. The Bertz CT molecular complexity index is 1020. The quantitative estimate of drug-likeness (QED) is 0.697. The minimum Gasteiger partial charge on any atom is -0.405 e. The summed E-state index contributed by atoms with van der Waals surface area (Å²) in [6.07, 6.45) is 5.08. The molecule has 3 aromatic rings. The van der Waals surface area contributed by atoms with Crippen molar-refractivity contribution >= 4 is 20.9 Å². The van der Waals surface area contributed by atoms with Gasteiger partial charge in [0.25, 0.3) is 10.0 Å². The van der Waals surface area contributed by atoms with Crippen molar-refractivity contribution in [3.63, 3.8) is 0 Å². The fraction of sp³-hybridized carbons (Fsp3) is 0.300. The Balaban J connectivity index is 1.73. The van der Waals surface area contributed by atoms with Crippen LogP contribution in [0, 0.1) is 6.92 Å². The van der Waals surface area contributed by atoms with Crippen LogP contribution in [0.1, 0.15) is 24.8 Å². The zero-order valence-electron chi connectivity index (χ0n) is 14.8. The van der Waals surface area contributed by atoms with Gasteiger partial charge >= 0.3 is 0 Å². The predicted octanol–water partition coefficient (Wildman–Crippen LogP) is 3.97. The first-order valence-electron chi connectivity index (χ1n) is 8.91. The molecule has 1 aliphatic heterocycles. The van der Waals surface area contributed by atoms with Gasteiger partial charge in [0.15, 0.2) is 5.75 Å². The maximum absolute atomic E-state index is 13.0. The Kier molecular flexibility index (Phi) is 4.46. The molecule has 0 saturated carbocycles. The highest BCUT2D eigenvalue weighted by Gasteiger charge is 2.21. The van der Waals surface area contributed by atoms with Crippen LogP contribution in [0.4, 0.5) is 0 Å². The Morgan fingerprint density at radius 1 is 0.923 bits per heavy atom. The molecular formula is C20H22N2O3S. The van der Waals surface area contributed by atoms with E-state index >= 15 is 0 Å². The van der Waals surface area contributed by atoms with Crippen molar-refractivity contribution in [2.75, 3.05) is 13.1 Å². The molecule has 6 heteroatoms. The number of fused-ring (bicyclic) bond motifs is 1. The van der Waals surface area contributed by atoms with Crippen molar-refractivity contribution in [1.82, 2.24) is 9.04 Å². The van der Waals surface area contributed by atoms with Gasteiger partial charge in [0.05, 0.1) is 10.4 Å². The fourth-order valence-electron chi connectivity index (χ4n) is 3.32. The topological polar surface area (TPSA) is 51.5 Å². The van der Waals surface area contributed by atoms with Crippen LogP contribution in [0.15, 0.2) is 59.6 Å². The van der Waals surface area contributed by atoms with Gasteiger partial charge in [-0.3, -0.25) is 0 Å². The minimum atomic E-state index is -3.64. The molecule has 0 radical (unpaired) electrons. The van der Waals surface area contributed by atoms with E-state index in [0.29, 0.717) is 11.3 Å². The van der Waals surface area contributed by atoms with Crippen LogP contribution in [0.3, 0.4) is 0 Å².